The highest BCUT2D eigenvalue weighted by molar-refractivity contribution is 5.95. The first-order valence-corrected chi connectivity index (χ1v) is 10.9. The summed E-state index contributed by atoms with van der Waals surface area (Å²) in [5, 5.41) is 5.91. The fourth-order valence-corrected chi connectivity index (χ4v) is 4.15. The zero-order valence-electron chi connectivity index (χ0n) is 18.0. The van der Waals surface area contributed by atoms with Gasteiger partial charge in [-0.3, -0.25) is 4.79 Å². The molecular formula is C24H29N3O4. The number of carbonyl (C=O) groups excluding carboxylic acids is 2. The number of carbonyl (C=O) groups is 2. The summed E-state index contributed by atoms with van der Waals surface area (Å²) in [4.78, 5) is 27.4. The number of hydrogen-bond acceptors (Lipinski definition) is 4. The highest BCUT2D eigenvalue weighted by Crippen LogP contribution is 2.38. The van der Waals surface area contributed by atoms with Gasteiger partial charge in [0.05, 0.1) is 18.2 Å². The third-order valence-electron chi connectivity index (χ3n) is 5.66. The van der Waals surface area contributed by atoms with Gasteiger partial charge in [-0.1, -0.05) is 18.2 Å². The first kappa shape index (κ1) is 21.0. The van der Waals surface area contributed by atoms with Gasteiger partial charge in [0.15, 0.2) is 0 Å². The minimum atomic E-state index is -0.280. The second-order valence-electron chi connectivity index (χ2n) is 8.09. The molecule has 7 nitrogen and oxygen atoms in total. The van der Waals surface area contributed by atoms with Gasteiger partial charge in [0.2, 0.25) is 5.91 Å². The van der Waals surface area contributed by atoms with Crippen molar-refractivity contribution in [1.29, 1.82) is 0 Å². The van der Waals surface area contributed by atoms with Crippen molar-refractivity contribution in [2.24, 2.45) is 5.92 Å². The highest BCUT2D eigenvalue weighted by Gasteiger charge is 2.30. The van der Waals surface area contributed by atoms with E-state index < -0.39 is 0 Å². The van der Waals surface area contributed by atoms with E-state index in [0.29, 0.717) is 31.1 Å². The summed E-state index contributed by atoms with van der Waals surface area (Å²) >= 11 is 0. The largest absolute Gasteiger partial charge is 0.492 e. The molecule has 2 N–H and O–H groups in total. The molecule has 4 rings (SSSR count). The predicted molar refractivity (Wildman–Crippen MR) is 120 cm³/mol. The molecule has 0 aliphatic carbocycles. The van der Waals surface area contributed by atoms with Crippen LogP contribution in [0.25, 0.3) is 0 Å². The molecule has 1 saturated heterocycles. The van der Waals surface area contributed by atoms with Gasteiger partial charge in [-0.25, -0.2) is 4.79 Å². The van der Waals surface area contributed by atoms with Gasteiger partial charge in [0.25, 0.3) is 0 Å². The normalized spacial score (nSPS) is 19.9. The van der Waals surface area contributed by atoms with E-state index in [0.717, 1.165) is 36.3 Å². The zero-order valence-corrected chi connectivity index (χ0v) is 18.0. The van der Waals surface area contributed by atoms with Crippen molar-refractivity contribution in [3.63, 3.8) is 0 Å². The summed E-state index contributed by atoms with van der Waals surface area (Å²) in [7, 11) is 0. The molecule has 0 spiro atoms. The Morgan fingerprint density at radius 3 is 2.77 bits per heavy atom. The number of likely N-dealkylation sites (tertiary alicyclic amines) is 1. The molecule has 2 aromatic rings. The van der Waals surface area contributed by atoms with Crippen molar-refractivity contribution in [3.8, 4) is 11.5 Å². The van der Waals surface area contributed by atoms with Crippen molar-refractivity contribution in [3.05, 3.63) is 48.0 Å². The van der Waals surface area contributed by atoms with Crippen LogP contribution in [0.15, 0.2) is 42.5 Å². The lowest BCUT2D eigenvalue weighted by Gasteiger charge is -2.32. The Morgan fingerprint density at radius 2 is 2.00 bits per heavy atom. The summed E-state index contributed by atoms with van der Waals surface area (Å²) in [6.07, 6.45) is 2.47. The monoisotopic (exact) mass is 423 g/mol. The third kappa shape index (κ3) is 4.93. The van der Waals surface area contributed by atoms with Crippen LogP contribution in [0.1, 0.15) is 32.3 Å². The molecule has 0 radical (unpaired) electrons. The maximum atomic E-state index is 13.0. The Morgan fingerprint density at radius 1 is 1.19 bits per heavy atom. The van der Waals surface area contributed by atoms with Gasteiger partial charge >= 0.3 is 6.03 Å². The van der Waals surface area contributed by atoms with Gasteiger partial charge in [-0.2, -0.15) is 0 Å². The Balaban J connectivity index is 1.42. The topological polar surface area (TPSA) is 79.9 Å². The van der Waals surface area contributed by atoms with E-state index in [2.05, 4.69) is 10.6 Å². The number of nitrogens with zero attached hydrogens (tertiary/aromatic N) is 1. The number of urea groups is 1. The number of rotatable bonds is 5. The van der Waals surface area contributed by atoms with Crippen LogP contribution in [0.5, 0.6) is 11.5 Å². The number of amides is 3. The molecule has 2 aliphatic rings. The molecule has 1 fully saturated rings. The van der Waals surface area contributed by atoms with E-state index in [1.165, 1.54) is 0 Å². The van der Waals surface area contributed by atoms with E-state index >= 15 is 0 Å². The van der Waals surface area contributed by atoms with Crippen molar-refractivity contribution < 1.29 is 19.1 Å². The van der Waals surface area contributed by atoms with E-state index in [9.17, 15) is 9.59 Å². The molecule has 7 heteroatoms. The number of fused-ring (bicyclic) bond motifs is 1. The minimum absolute atomic E-state index is 0.107. The average Bonchev–Trinajstić information content (AvgIpc) is 3.13. The molecule has 0 unspecified atom stereocenters. The quantitative estimate of drug-likeness (QED) is 0.752. The summed E-state index contributed by atoms with van der Waals surface area (Å²) < 4.78 is 11.6. The van der Waals surface area contributed by atoms with Crippen LogP contribution in [0.4, 0.5) is 16.2 Å². The average molecular weight is 424 g/mol. The summed E-state index contributed by atoms with van der Waals surface area (Å²) in [5.74, 6) is 1.06. The van der Waals surface area contributed by atoms with Gasteiger partial charge in [0, 0.05) is 36.8 Å². The number of anilines is 2. The second-order valence-corrected chi connectivity index (χ2v) is 8.09. The second kappa shape index (κ2) is 9.29. The smallest absolute Gasteiger partial charge is 0.321 e. The Hall–Kier alpha value is -3.22. The van der Waals surface area contributed by atoms with E-state index in [-0.39, 0.29) is 24.0 Å². The summed E-state index contributed by atoms with van der Waals surface area (Å²) in [5.41, 5.74) is 2.45. The van der Waals surface area contributed by atoms with Crippen LogP contribution < -0.4 is 20.1 Å². The Bertz CT molecular complexity index is 947. The lowest BCUT2D eigenvalue weighted by atomic mass is 9.97. The van der Waals surface area contributed by atoms with Crippen LogP contribution in [-0.2, 0) is 11.2 Å². The minimum Gasteiger partial charge on any atom is -0.492 e. The predicted octanol–water partition coefficient (Wildman–Crippen LogP) is 4.29. The maximum absolute atomic E-state index is 13.0. The van der Waals surface area contributed by atoms with Gasteiger partial charge in [-0.05, 0) is 44.9 Å². The van der Waals surface area contributed by atoms with E-state index in [4.69, 9.17) is 9.47 Å². The van der Waals surface area contributed by atoms with E-state index in [1.807, 2.05) is 56.3 Å². The number of piperidine rings is 1. The number of nitrogens with one attached hydrogen (secondary N) is 2. The molecule has 0 saturated carbocycles. The number of benzene rings is 2. The fraction of sp³-hybridized carbons (Fsp3) is 0.417. The van der Waals surface area contributed by atoms with Crippen molar-refractivity contribution in [2.75, 3.05) is 30.3 Å². The summed E-state index contributed by atoms with van der Waals surface area (Å²) in [6, 6.07) is 13.0. The number of hydrogen-bond donors (Lipinski definition) is 2. The van der Waals surface area contributed by atoms with Gasteiger partial charge in [0.1, 0.15) is 17.6 Å². The SMILES string of the molecule is CCOc1cc2c(cc1NC(=O)[C@H]1CCCN(C(=O)Nc3ccccc3)C1)O[C@@H](C)C2. The maximum Gasteiger partial charge on any atom is 0.321 e. The first-order valence-electron chi connectivity index (χ1n) is 10.9. The molecule has 31 heavy (non-hydrogen) atoms. The van der Waals surface area contributed by atoms with E-state index in [1.54, 1.807) is 4.90 Å². The Kier molecular flexibility index (Phi) is 6.30. The molecule has 3 amide bonds. The highest BCUT2D eigenvalue weighted by atomic mass is 16.5. The standard InChI is InChI=1S/C24H29N3O4/c1-3-30-22-13-18-12-16(2)31-21(18)14-20(22)26-23(28)17-8-7-11-27(15-17)24(29)25-19-9-5-4-6-10-19/h4-6,9-10,13-14,16-17H,3,7-8,11-12,15H2,1-2H3,(H,25,29)(H,26,28)/t16-,17-/m0/s1. The zero-order chi connectivity index (χ0) is 21.8. The Labute approximate surface area is 182 Å². The van der Waals surface area contributed by atoms with Crippen LogP contribution in [0.2, 0.25) is 0 Å². The molecule has 2 atom stereocenters. The van der Waals surface area contributed by atoms with Crippen molar-refractivity contribution in [1.82, 2.24) is 4.90 Å². The van der Waals surface area contributed by atoms with Crippen LogP contribution in [-0.4, -0.2) is 42.6 Å². The molecule has 2 aliphatic heterocycles. The van der Waals surface area contributed by atoms with Crippen LogP contribution in [0.3, 0.4) is 0 Å². The molecule has 2 aromatic carbocycles. The third-order valence-corrected chi connectivity index (χ3v) is 5.66. The van der Waals surface area contributed by atoms with Crippen molar-refractivity contribution >= 4 is 23.3 Å². The molecular weight excluding hydrogens is 394 g/mol. The lowest BCUT2D eigenvalue weighted by Crippen LogP contribution is -2.45. The van der Waals surface area contributed by atoms with Crippen LogP contribution >= 0.6 is 0 Å². The van der Waals surface area contributed by atoms with Gasteiger partial charge < -0.3 is 25.0 Å². The first-order chi connectivity index (χ1) is 15.0. The molecule has 0 aromatic heterocycles. The summed E-state index contributed by atoms with van der Waals surface area (Å²) in [6.45, 7) is 5.47. The fourth-order valence-electron chi connectivity index (χ4n) is 4.15. The van der Waals surface area contributed by atoms with Gasteiger partial charge in [-0.15, -0.1) is 0 Å². The molecule has 2 heterocycles. The molecule has 0 bridgehead atoms. The molecule has 164 valence electrons. The van der Waals surface area contributed by atoms with Crippen molar-refractivity contribution in [2.45, 2.75) is 39.2 Å². The lowest BCUT2D eigenvalue weighted by molar-refractivity contribution is -0.121. The number of ether oxygens (including phenoxy) is 2. The van der Waals surface area contributed by atoms with Crippen LogP contribution in [0, 0.1) is 5.92 Å². The number of para-hydroxylation sites is 1.